The first-order chi connectivity index (χ1) is 11.7. The molecule has 2 aromatic rings. The number of hydrogen-bond acceptors (Lipinski definition) is 6. The monoisotopic (exact) mass is 387 g/mol. The van der Waals surface area contributed by atoms with Gasteiger partial charge in [0.2, 0.25) is 10.0 Å². The molecule has 2 aromatic heterocycles. The average Bonchev–Trinajstić information content (AvgIpc) is 3.02. The second kappa shape index (κ2) is 6.71. The van der Waals surface area contributed by atoms with Crippen LogP contribution in [0.25, 0.3) is 0 Å². The molecule has 0 amide bonds. The maximum Gasteiger partial charge on any atom is 0.248 e. The molecule has 0 aliphatic carbocycles. The molecule has 25 heavy (non-hydrogen) atoms. The van der Waals surface area contributed by atoms with Crippen LogP contribution in [0.1, 0.15) is 22.7 Å². The molecule has 1 saturated heterocycles. The molecule has 0 radical (unpaired) electrons. The summed E-state index contributed by atoms with van der Waals surface area (Å²) in [5.74, 6) is 0.331. The molecule has 1 aliphatic rings. The minimum atomic E-state index is -3.58. The molecule has 3 heterocycles. The molecule has 8 nitrogen and oxygen atoms in total. The fourth-order valence-corrected chi connectivity index (χ4v) is 5.12. The van der Waals surface area contributed by atoms with Crippen LogP contribution in [-0.2, 0) is 23.6 Å². The Morgan fingerprint density at radius 3 is 2.24 bits per heavy atom. The largest absolute Gasteiger partial charge is 0.360 e. The van der Waals surface area contributed by atoms with E-state index in [1.807, 2.05) is 14.0 Å². The third-order valence-corrected chi connectivity index (χ3v) is 7.17. The molecule has 0 spiro atoms. The molecule has 0 saturated carbocycles. The smallest absolute Gasteiger partial charge is 0.248 e. The van der Waals surface area contributed by atoms with Crippen molar-refractivity contribution in [1.82, 2.24) is 24.1 Å². The number of nitrogens with zero attached hydrogens (tertiary/aromatic N) is 5. The van der Waals surface area contributed by atoms with Gasteiger partial charge >= 0.3 is 0 Å². The van der Waals surface area contributed by atoms with Crippen molar-refractivity contribution in [3.8, 4) is 0 Å². The molecule has 10 heteroatoms. The van der Waals surface area contributed by atoms with E-state index in [-0.39, 0.29) is 4.90 Å². The van der Waals surface area contributed by atoms with E-state index < -0.39 is 10.0 Å². The minimum Gasteiger partial charge on any atom is -0.360 e. The van der Waals surface area contributed by atoms with Gasteiger partial charge in [0.05, 0.1) is 5.69 Å². The Balaban J connectivity index is 1.70. The number of halogens is 1. The Bertz CT molecular complexity index is 862. The molecule has 138 valence electrons. The highest BCUT2D eigenvalue weighted by Gasteiger charge is 2.33. The van der Waals surface area contributed by atoms with Crippen LogP contribution in [0.2, 0.25) is 5.15 Å². The van der Waals surface area contributed by atoms with E-state index in [1.165, 1.54) is 4.31 Å². The molecule has 0 N–H and O–H groups in total. The number of sulfonamides is 1. The molecule has 0 unspecified atom stereocenters. The molecule has 1 aliphatic heterocycles. The number of hydrogen-bond donors (Lipinski definition) is 0. The number of rotatable bonds is 4. The average molecular weight is 388 g/mol. The summed E-state index contributed by atoms with van der Waals surface area (Å²) in [6.45, 7) is 7.97. The normalized spacial score (nSPS) is 17.3. The molecule has 0 atom stereocenters. The van der Waals surface area contributed by atoms with E-state index in [9.17, 15) is 8.42 Å². The Morgan fingerprint density at radius 1 is 1.12 bits per heavy atom. The summed E-state index contributed by atoms with van der Waals surface area (Å²) < 4.78 is 33.8. The summed E-state index contributed by atoms with van der Waals surface area (Å²) in [5, 5.41) is 8.70. The molecular formula is C15H22ClN5O3S. The van der Waals surface area contributed by atoms with Crippen LogP contribution in [0.3, 0.4) is 0 Å². The van der Waals surface area contributed by atoms with Crippen LogP contribution in [0, 0.1) is 20.8 Å². The van der Waals surface area contributed by atoms with Crippen LogP contribution in [0.15, 0.2) is 9.42 Å². The zero-order valence-corrected chi connectivity index (χ0v) is 16.4. The summed E-state index contributed by atoms with van der Waals surface area (Å²) >= 11 is 6.29. The minimum absolute atomic E-state index is 0.187. The third-order valence-electron chi connectivity index (χ3n) is 4.55. The van der Waals surface area contributed by atoms with Gasteiger partial charge in [-0.2, -0.15) is 9.40 Å². The SMILES string of the molecule is Cc1nn(C)c(Cl)c1CN1CCN(S(=O)(=O)c2c(C)noc2C)CC1. The lowest BCUT2D eigenvalue weighted by Gasteiger charge is -2.33. The van der Waals surface area contributed by atoms with Crippen LogP contribution in [0.5, 0.6) is 0 Å². The zero-order chi connectivity index (χ0) is 18.4. The van der Waals surface area contributed by atoms with Gasteiger partial charge in [0.1, 0.15) is 15.7 Å². The van der Waals surface area contributed by atoms with Gasteiger partial charge in [-0.1, -0.05) is 16.8 Å². The summed E-state index contributed by atoms with van der Waals surface area (Å²) in [5.41, 5.74) is 2.29. The lowest BCUT2D eigenvalue weighted by molar-refractivity contribution is 0.181. The predicted octanol–water partition coefficient (Wildman–Crippen LogP) is 1.49. The van der Waals surface area contributed by atoms with Crippen molar-refractivity contribution in [1.29, 1.82) is 0 Å². The number of aromatic nitrogens is 3. The van der Waals surface area contributed by atoms with Gasteiger partial charge in [-0.25, -0.2) is 8.42 Å². The van der Waals surface area contributed by atoms with Crippen LogP contribution >= 0.6 is 11.6 Å². The Labute approximate surface area is 152 Å². The highest BCUT2D eigenvalue weighted by molar-refractivity contribution is 7.89. The van der Waals surface area contributed by atoms with Crippen molar-refractivity contribution in [2.24, 2.45) is 7.05 Å². The topological polar surface area (TPSA) is 84.5 Å². The van der Waals surface area contributed by atoms with Crippen molar-refractivity contribution in [3.63, 3.8) is 0 Å². The Hall–Kier alpha value is -1.42. The second-order valence-electron chi connectivity index (χ2n) is 6.31. The van der Waals surface area contributed by atoms with Crippen molar-refractivity contribution in [3.05, 3.63) is 27.9 Å². The fraction of sp³-hybridized carbons (Fsp3) is 0.600. The molecule has 1 fully saturated rings. The van der Waals surface area contributed by atoms with Crippen LogP contribution in [-0.4, -0.2) is 58.7 Å². The first kappa shape index (κ1) is 18.4. The van der Waals surface area contributed by atoms with Gasteiger partial charge in [0, 0.05) is 45.3 Å². The third kappa shape index (κ3) is 3.33. The van der Waals surface area contributed by atoms with Crippen molar-refractivity contribution in [2.75, 3.05) is 26.2 Å². The maximum atomic E-state index is 12.8. The summed E-state index contributed by atoms with van der Waals surface area (Å²) in [6, 6.07) is 0. The highest BCUT2D eigenvalue weighted by atomic mass is 35.5. The van der Waals surface area contributed by atoms with Crippen LogP contribution < -0.4 is 0 Å². The first-order valence-corrected chi connectivity index (χ1v) is 9.87. The maximum absolute atomic E-state index is 12.8. The number of piperazine rings is 1. The second-order valence-corrected chi connectivity index (χ2v) is 8.54. The standard InChI is InChI=1S/C15H22ClN5O3S/c1-10-13(15(16)19(4)17-10)9-20-5-7-21(8-6-20)25(22,23)14-11(2)18-24-12(14)3/h5-9H2,1-4H3. The van der Waals surface area contributed by atoms with Gasteiger partial charge in [-0.15, -0.1) is 0 Å². The molecular weight excluding hydrogens is 366 g/mol. The van der Waals surface area contributed by atoms with E-state index in [0.717, 1.165) is 11.3 Å². The Morgan fingerprint density at radius 2 is 1.76 bits per heavy atom. The van der Waals surface area contributed by atoms with E-state index in [4.69, 9.17) is 16.1 Å². The summed E-state index contributed by atoms with van der Waals surface area (Å²) in [7, 11) is -1.77. The highest BCUT2D eigenvalue weighted by Crippen LogP contribution is 2.25. The Kier molecular flexibility index (Phi) is 4.93. The van der Waals surface area contributed by atoms with E-state index in [0.29, 0.717) is 49.3 Å². The first-order valence-electron chi connectivity index (χ1n) is 8.05. The van der Waals surface area contributed by atoms with E-state index >= 15 is 0 Å². The van der Waals surface area contributed by atoms with Gasteiger partial charge < -0.3 is 4.52 Å². The van der Waals surface area contributed by atoms with Gasteiger partial charge in [-0.05, 0) is 20.8 Å². The van der Waals surface area contributed by atoms with Crippen LogP contribution in [0.4, 0.5) is 0 Å². The quantitative estimate of drug-likeness (QED) is 0.790. The van der Waals surface area contributed by atoms with E-state index in [1.54, 1.807) is 18.5 Å². The van der Waals surface area contributed by atoms with Crippen molar-refractivity contribution < 1.29 is 12.9 Å². The molecule has 0 bridgehead atoms. The summed E-state index contributed by atoms with van der Waals surface area (Å²) in [4.78, 5) is 2.38. The van der Waals surface area contributed by atoms with E-state index in [2.05, 4.69) is 15.2 Å². The fourth-order valence-electron chi connectivity index (χ4n) is 3.18. The van der Waals surface area contributed by atoms with Crippen molar-refractivity contribution >= 4 is 21.6 Å². The lowest BCUT2D eigenvalue weighted by atomic mass is 10.2. The summed E-state index contributed by atoms with van der Waals surface area (Å²) in [6.07, 6.45) is 0. The van der Waals surface area contributed by atoms with Gasteiger partial charge in [-0.3, -0.25) is 9.58 Å². The number of aryl methyl sites for hydroxylation is 4. The van der Waals surface area contributed by atoms with Crippen molar-refractivity contribution in [2.45, 2.75) is 32.2 Å². The van der Waals surface area contributed by atoms with Gasteiger partial charge in [0.15, 0.2) is 5.76 Å². The zero-order valence-electron chi connectivity index (χ0n) is 14.8. The molecule has 0 aromatic carbocycles. The molecule has 3 rings (SSSR count). The van der Waals surface area contributed by atoms with Gasteiger partial charge in [0.25, 0.3) is 0 Å². The lowest BCUT2D eigenvalue weighted by Crippen LogP contribution is -2.48. The predicted molar refractivity (Wildman–Crippen MR) is 93.0 cm³/mol.